The smallest absolute Gasteiger partial charge is 1.00 e. The number of carbonyl (C=O) groups excluding carboxylic acids is 5. The Kier molecular flexibility index (Phi) is 61.7. The van der Waals surface area contributed by atoms with Crippen LogP contribution in [-0.4, -0.2) is 137 Å². The number of phenols is 2. The minimum absolute atomic E-state index is 0. The van der Waals surface area contributed by atoms with Crippen LogP contribution in [0, 0.1) is 0 Å². The molecule has 0 bridgehead atoms. The van der Waals surface area contributed by atoms with Gasteiger partial charge in [0, 0.05) is 98.9 Å². The normalized spacial score (nSPS) is 12.0. The SMILES string of the molecule is C=C(C)CCl.C=C(C)COc1ccc(Cl)cc1C(=O)OC.C=C(C)Cc1cc(Cl)cc(C(=O)OC)c1O.CC1(C)Cc2cc(Cl)cc(CCl)c2O1.CC1(C)Cc2cc(Cl)cc(CO)c2O1.COC(=O)c1cc(Cl)cc2c1OC(C)(C)C2.COC(=O)c1cc(Cl)ccc1O.O=CO.O=CO[O-].O=S(Cl)Cl.[AlH3].[H-].[H-].[K+].[K+].[Li+]. The first-order chi connectivity index (χ1) is 48.4. The van der Waals surface area contributed by atoms with Crippen molar-refractivity contribution in [3.8, 4) is 34.5 Å². The number of halogens is 10. The third-order valence-corrected chi connectivity index (χ3v) is 14.8. The molecule has 0 fully saturated rings. The van der Waals surface area contributed by atoms with E-state index < -0.39 is 33.1 Å². The number of aliphatic hydroxyl groups excluding tert-OH is 1. The largest absolute Gasteiger partial charge is 1.00 e. The van der Waals surface area contributed by atoms with Crippen molar-refractivity contribution in [3.05, 3.63) is 207 Å². The van der Waals surface area contributed by atoms with E-state index in [1.165, 1.54) is 58.8 Å². The van der Waals surface area contributed by atoms with Crippen molar-refractivity contribution in [1.29, 1.82) is 0 Å². The molecule has 0 aromatic heterocycles. The van der Waals surface area contributed by atoms with Gasteiger partial charge in [-0.05, 0) is 170 Å². The van der Waals surface area contributed by atoms with Gasteiger partial charge in [-0.2, -0.15) is 0 Å². The van der Waals surface area contributed by atoms with E-state index in [-0.39, 0.29) is 201 Å². The number of aliphatic hydroxyl groups is 1. The van der Waals surface area contributed by atoms with Gasteiger partial charge in [0.2, 0.25) is 9.23 Å². The molecule has 0 saturated carbocycles. The van der Waals surface area contributed by atoms with Crippen LogP contribution in [0.1, 0.15) is 140 Å². The molecule has 0 atom stereocenters. The Hall–Kier alpha value is -2.47. The molecular formula is C72H86AlCl10K2LiO21S. The second-order valence-corrected chi connectivity index (χ2v) is 29.3. The third-order valence-electron chi connectivity index (χ3n) is 12.8. The summed E-state index contributed by atoms with van der Waals surface area (Å²) in [6, 6.07) is 22.9. The zero-order chi connectivity index (χ0) is 80.2. The van der Waals surface area contributed by atoms with E-state index in [1.807, 2.05) is 72.7 Å². The number of rotatable bonds is 13. The van der Waals surface area contributed by atoms with Crippen molar-refractivity contribution in [2.75, 3.05) is 40.9 Å². The molecule has 0 aliphatic carbocycles. The number of carbonyl (C=O) groups is 6. The molecule has 108 heavy (non-hydrogen) atoms. The first-order valence-corrected chi connectivity index (χ1v) is 36.1. The number of esters is 4. The monoisotopic (exact) mass is 1780 g/mol. The summed E-state index contributed by atoms with van der Waals surface area (Å²) < 4.78 is 50.1. The van der Waals surface area contributed by atoms with Crippen LogP contribution < -0.4 is 146 Å². The Morgan fingerprint density at radius 3 is 1.27 bits per heavy atom. The van der Waals surface area contributed by atoms with Crippen molar-refractivity contribution in [2.24, 2.45) is 0 Å². The quantitative estimate of drug-likeness (QED) is 0.00977. The first kappa shape index (κ1) is 114. The van der Waals surface area contributed by atoms with E-state index in [4.69, 9.17) is 146 Å². The number of alkyl halides is 2. The first-order valence-electron chi connectivity index (χ1n) is 29.9. The molecule has 3 heterocycles. The number of methoxy groups -OCH3 is 4. The molecule has 0 unspecified atom stereocenters. The van der Waals surface area contributed by atoms with Crippen LogP contribution in [0.15, 0.2) is 121 Å². The van der Waals surface area contributed by atoms with Crippen LogP contribution in [0.25, 0.3) is 0 Å². The molecule has 4 N–H and O–H groups in total. The summed E-state index contributed by atoms with van der Waals surface area (Å²) in [6.45, 7) is 28.6. The minimum Gasteiger partial charge on any atom is -1.00 e. The Bertz CT molecular complexity index is 3910. The number of carboxylic acid groups (broad SMARTS) is 1. The number of ether oxygens (including phenoxy) is 8. The van der Waals surface area contributed by atoms with Crippen LogP contribution in [0.5, 0.6) is 34.5 Å². The molecule has 582 valence electrons. The van der Waals surface area contributed by atoms with Crippen molar-refractivity contribution >= 4 is 178 Å². The van der Waals surface area contributed by atoms with Crippen LogP contribution in [0.4, 0.5) is 0 Å². The molecule has 6 aromatic rings. The molecular weight excluding hydrogens is 1700 g/mol. The maximum atomic E-state index is 11.6. The molecule has 6 aromatic carbocycles. The molecule has 0 amide bonds. The second-order valence-electron chi connectivity index (χ2n) is 23.6. The maximum Gasteiger partial charge on any atom is 1.00 e. The van der Waals surface area contributed by atoms with Gasteiger partial charge in [0.25, 0.3) is 12.9 Å². The van der Waals surface area contributed by atoms with E-state index in [0.717, 1.165) is 80.3 Å². The summed E-state index contributed by atoms with van der Waals surface area (Å²) in [5.74, 6) is 1.47. The third kappa shape index (κ3) is 43.9. The average molecular weight is 1790 g/mol. The molecule has 0 saturated heterocycles. The fraction of sp³-hybridized carbons (Fsp3) is 0.333. The van der Waals surface area contributed by atoms with Crippen LogP contribution in [0.3, 0.4) is 0 Å². The van der Waals surface area contributed by atoms with Gasteiger partial charge in [-0.3, -0.25) is 9.59 Å². The zero-order valence-corrected chi connectivity index (χ0v) is 76.6. The predicted octanol–water partition coefficient (Wildman–Crippen LogP) is 8.08. The van der Waals surface area contributed by atoms with E-state index in [1.54, 1.807) is 30.3 Å². The number of aromatic hydroxyl groups is 2. The summed E-state index contributed by atoms with van der Waals surface area (Å²) in [6.07, 6.45) is 2.95. The molecule has 3 aliphatic heterocycles. The van der Waals surface area contributed by atoms with Crippen molar-refractivity contribution in [2.45, 2.75) is 117 Å². The molecule has 21 nitrogen and oxygen atoms in total. The predicted molar refractivity (Wildman–Crippen MR) is 420 cm³/mol. The molecule has 3 aliphatic rings. The maximum absolute atomic E-state index is 11.6. The second kappa shape index (κ2) is 58.4. The molecule has 0 spiro atoms. The van der Waals surface area contributed by atoms with Crippen LogP contribution >= 0.6 is 114 Å². The fourth-order valence-electron chi connectivity index (χ4n) is 8.90. The summed E-state index contributed by atoms with van der Waals surface area (Å²) >= 11 is 46.2. The van der Waals surface area contributed by atoms with Gasteiger partial charge < -0.3 is 71.3 Å². The number of hydrogen-bond acceptors (Lipinski definition) is 20. The van der Waals surface area contributed by atoms with Crippen molar-refractivity contribution < 1.29 is 226 Å². The minimum atomic E-state index is -1.67. The Morgan fingerprint density at radius 2 is 0.880 bits per heavy atom. The fourth-order valence-corrected chi connectivity index (χ4v) is 10.5. The van der Waals surface area contributed by atoms with Crippen LogP contribution in [-0.2, 0) is 80.8 Å². The summed E-state index contributed by atoms with van der Waals surface area (Å²) in [7, 11) is 12.5. The van der Waals surface area contributed by atoms with Crippen molar-refractivity contribution in [1.82, 2.24) is 0 Å². The van der Waals surface area contributed by atoms with Gasteiger partial charge in [-0.15, -0.1) is 23.2 Å². The van der Waals surface area contributed by atoms with Gasteiger partial charge in [0.1, 0.15) is 80.2 Å². The van der Waals surface area contributed by atoms with E-state index in [0.29, 0.717) is 78.1 Å². The zero-order valence-electron chi connectivity index (χ0n) is 63.9. The van der Waals surface area contributed by atoms with Gasteiger partial charge in [-0.25, -0.2) is 23.4 Å². The Labute approximate surface area is 792 Å². The number of phenolic OH excluding ortho intramolecular Hbond substituents is 2. The Morgan fingerprint density at radius 1 is 0.556 bits per heavy atom. The summed E-state index contributed by atoms with van der Waals surface area (Å²) in [5.41, 5.74) is 8.55. The average Bonchev–Trinajstić information content (AvgIpc) is 1.65. The van der Waals surface area contributed by atoms with Gasteiger partial charge in [-0.1, -0.05) is 100 Å². The van der Waals surface area contributed by atoms with Crippen molar-refractivity contribution in [3.63, 3.8) is 0 Å². The van der Waals surface area contributed by atoms with Crippen LogP contribution in [0.2, 0.25) is 30.1 Å². The molecule has 9 rings (SSSR count). The van der Waals surface area contributed by atoms with E-state index in [2.05, 4.69) is 74.0 Å². The van der Waals surface area contributed by atoms with Gasteiger partial charge in [0.05, 0.1) is 40.9 Å². The standard InChI is InChI=1S/3C12H13ClO3.C11H12Cl2O.C11H13ClO2.C8H7ClO3.C4H7Cl.CH2O3.CH2O2.Al.Cl2OS.2K.Li.5H/c1-12(2)6-7-4-8(13)5-9(10(7)16-12)11(14)15-3;1-7(2)4-8-5-9(13)6-10(11(8)14)12(15)16-3;1-8(2)7-16-11-5-4-9(13)6-10(11)12(14)15-3;1-11(2)5-7-3-9(13)4-8(6-12)10(7)14-11;1-11(2)5-7-3-9(12)4-8(6-13)10(7)14-11;1-12-8(11)6-4-5(9)2-3-7(6)10;1-4(2)3-5;2-1-4-3;2-1-3;;1-4(2)3;;;;;;;;/h4-5H,6H2,1-3H3;5-6,14H,1,4H2,2-3H3;4-6H,1,7H2,2-3H3;3-4H,5-6H2,1-2H3;3-4,13H,5-6H2,1-2H3;2-4,10H,1H3;1,3H2,2H3;1,3H;1H,(H,2,3);;;;;;;;;;/q;;;;;;;;;;;3*+1;;;;2*-1/p-1. The number of hydrogen-bond donors (Lipinski definition) is 4. The van der Waals surface area contributed by atoms with E-state index in [9.17, 15) is 29.4 Å². The van der Waals surface area contributed by atoms with Gasteiger partial charge in [0.15, 0.2) is 17.4 Å². The topological polar surface area (TPSA) is 307 Å². The number of fused-ring (bicyclic) bond motifs is 3. The summed E-state index contributed by atoms with van der Waals surface area (Å²) in [5, 5.41) is 46.7. The van der Waals surface area contributed by atoms with Gasteiger partial charge >= 0.3 is 146 Å². The molecule has 36 heteroatoms. The number of benzene rings is 6. The van der Waals surface area contributed by atoms with E-state index >= 15 is 0 Å². The Balaban J connectivity index is -0.000000220. The summed E-state index contributed by atoms with van der Waals surface area (Å²) in [4.78, 5) is 64.9. The molecule has 0 radical (unpaired) electrons. The number of allylic oxidation sites excluding steroid dienone is 2.